The average Bonchev–Trinajstić information content (AvgIpc) is 3.55. The highest BCUT2D eigenvalue weighted by molar-refractivity contribution is 6.29. The maximum absolute atomic E-state index is 13.7. The van der Waals surface area contributed by atoms with Gasteiger partial charge in [-0.2, -0.15) is 0 Å². The standard InChI is InChI=1S/C30H38N6O6/c1-32-23(31)22-24(37)34(14-19-6-4-3-5-7-19)28(41)36(25(22)38)21-8-11-29(12-9-21)17-30(18-29)26(39)33(2)27(40)35(30)15-20-10-13-42-16-20/h3-7,20-21,32H,8-18,31H2,1-2H3/b23-22+/t20-,21?,29?,30?/m0/s1. The van der Waals surface area contributed by atoms with Crippen molar-refractivity contribution in [2.45, 2.75) is 63.1 Å². The van der Waals surface area contributed by atoms with Gasteiger partial charge >= 0.3 is 12.1 Å². The Balaban J connectivity index is 1.19. The number of nitrogens with two attached hydrogens (primary N) is 1. The Bertz CT molecular complexity index is 1340. The van der Waals surface area contributed by atoms with E-state index in [0.717, 1.165) is 16.9 Å². The normalized spacial score (nSPS) is 32.9. The van der Waals surface area contributed by atoms with Crippen LogP contribution in [0.5, 0.6) is 0 Å². The minimum Gasteiger partial charge on any atom is -0.385 e. The molecule has 1 aromatic rings. The summed E-state index contributed by atoms with van der Waals surface area (Å²) in [5.74, 6) is -1.40. The molecule has 224 valence electrons. The average molecular weight is 579 g/mol. The first-order valence-corrected chi connectivity index (χ1v) is 14.7. The summed E-state index contributed by atoms with van der Waals surface area (Å²) in [7, 11) is 3.08. The lowest BCUT2D eigenvalue weighted by Crippen LogP contribution is -2.66. The summed E-state index contributed by atoms with van der Waals surface area (Å²) in [5.41, 5.74) is 5.60. The molecule has 3 heterocycles. The minimum atomic E-state index is -0.825. The quantitative estimate of drug-likeness (QED) is 0.295. The summed E-state index contributed by atoms with van der Waals surface area (Å²) in [6.45, 7) is 1.81. The molecule has 6 rings (SSSR count). The zero-order valence-electron chi connectivity index (χ0n) is 24.1. The van der Waals surface area contributed by atoms with Crippen molar-refractivity contribution >= 4 is 29.8 Å². The lowest BCUT2D eigenvalue weighted by molar-refractivity contribution is -0.151. The SMILES string of the molecule is CN/C(N)=C1\C(=O)N(Cc2ccccc2)C(=O)N(C2CCC3(CC2)CC2(C3)C(=O)N(C)C(=O)N2C[C@@H]2CCOC2)C1=O. The van der Waals surface area contributed by atoms with Crippen LogP contribution < -0.4 is 11.1 Å². The molecule has 0 unspecified atom stereocenters. The van der Waals surface area contributed by atoms with Gasteiger partial charge in [0.2, 0.25) is 0 Å². The Labute approximate surface area is 244 Å². The summed E-state index contributed by atoms with van der Waals surface area (Å²) in [4.78, 5) is 72.3. The second-order valence-corrected chi connectivity index (χ2v) is 12.5. The fraction of sp³-hybridized carbons (Fsp3) is 0.567. The number of likely N-dealkylation sites (N-methyl/N-ethyl adjacent to an activating group) is 1. The van der Waals surface area contributed by atoms with Crippen LogP contribution in [-0.4, -0.2) is 94.8 Å². The molecular formula is C30H38N6O6. The van der Waals surface area contributed by atoms with E-state index in [4.69, 9.17) is 10.5 Å². The van der Waals surface area contributed by atoms with Crippen LogP contribution in [-0.2, 0) is 25.7 Å². The van der Waals surface area contributed by atoms with Crippen molar-refractivity contribution in [2.24, 2.45) is 17.1 Å². The largest absolute Gasteiger partial charge is 0.385 e. The molecular weight excluding hydrogens is 540 g/mol. The number of imide groups is 3. The second-order valence-electron chi connectivity index (χ2n) is 12.5. The number of nitrogens with zero attached hydrogens (tertiary/aromatic N) is 4. The van der Waals surface area contributed by atoms with E-state index >= 15 is 0 Å². The van der Waals surface area contributed by atoms with Crippen LogP contribution in [0.1, 0.15) is 50.5 Å². The first-order chi connectivity index (χ1) is 20.1. The van der Waals surface area contributed by atoms with Gasteiger partial charge in [0, 0.05) is 39.2 Å². The third-order valence-corrected chi connectivity index (χ3v) is 9.97. The minimum absolute atomic E-state index is 0.0213. The molecule has 42 heavy (non-hydrogen) atoms. The van der Waals surface area contributed by atoms with Crippen LogP contribution in [0.4, 0.5) is 9.59 Å². The second kappa shape index (κ2) is 10.4. The molecule has 1 atom stereocenters. The summed E-state index contributed by atoms with van der Waals surface area (Å²) in [6, 6.07) is 7.84. The van der Waals surface area contributed by atoms with E-state index in [1.54, 1.807) is 11.9 Å². The van der Waals surface area contributed by atoms with Crippen LogP contribution in [0.15, 0.2) is 41.7 Å². The third-order valence-electron chi connectivity index (χ3n) is 9.97. The number of hydrogen-bond donors (Lipinski definition) is 2. The van der Waals surface area contributed by atoms with Crippen LogP contribution >= 0.6 is 0 Å². The maximum Gasteiger partial charge on any atom is 0.334 e. The van der Waals surface area contributed by atoms with Gasteiger partial charge in [0.25, 0.3) is 17.7 Å². The number of nitrogens with one attached hydrogen (secondary N) is 1. The summed E-state index contributed by atoms with van der Waals surface area (Å²) < 4.78 is 5.51. The van der Waals surface area contributed by atoms with Crippen LogP contribution in [0.2, 0.25) is 0 Å². The van der Waals surface area contributed by atoms with Gasteiger partial charge in [-0.25, -0.2) is 9.59 Å². The van der Waals surface area contributed by atoms with Crippen molar-refractivity contribution in [3.8, 4) is 0 Å². The highest BCUT2D eigenvalue weighted by Crippen LogP contribution is 2.61. The molecule has 2 saturated carbocycles. The molecule has 2 spiro atoms. The first kappa shape index (κ1) is 28.2. The molecule has 1 aromatic carbocycles. The predicted octanol–water partition coefficient (Wildman–Crippen LogP) is 1.76. The number of barbiturate groups is 1. The number of urea groups is 2. The Morgan fingerprint density at radius 3 is 2.31 bits per heavy atom. The van der Waals surface area contributed by atoms with Crippen molar-refractivity contribution < 1.29 is 28.7 Å². The van der Waals surface area contributed by atoms with E-state index in [1.807, 2.05) is 30.3 Å². The van der Waals surface area contributed by atoms with Gasteiger partial charge in [0.05, 0.1) is 13.2 Å². The van der Waals surface area contributed by atoms with Gasteiger partial charge < -0.3 is 20.7 Å². The molecule has 3 N–H and O–H groups in total. The van der Waals surface area contributed by atoms with Gasteiger partial charge in [-0.15, -0.1) is 0 Å². The Morgan fingerprint density at radius 2 is 1.69 bits per heavy atom. The molecule has 12 nitrogen and oxygen atoms in total. The van der Waals surface area contributed by atoms with Crippen molar-refractivity contribution in [3.63, 3.8) is 0 Å². The molecule has 7 amide bonds. The molecule has 0 radical (unpaired) electrons. The van der Waals surface area contributed by atoms with E-state index in [-0.39, 0.29) is 41.2 Å². The number of carbonyl (C=O) groups excluding carboxylic acids is 5. The first-order valence-electron chi connectivity index (χ1n) is 14.7. The van der Waals surface area contributed by atoms with Crippen molar-refractivity contribution in [3.05, 3.63) is 47.3 Å². The molecule has 3 saturated heterocycles. The van der Waals surface area contributed by atoms with Gasteiger partial charge in [0.15, 0.2) is 0 Å². The van der Waals surface area contributed by atoms with E-state index in [2.05, 4.69) is 5.32 Å². The Hall–Kier alpha value is -3.93. The van der Waals surface area contributed by atoms with E-state index < -0.39 is 29.4 Å². The third kappa shape index (κ3) is 4.34. The molecule has 2 aliphatic carbocycles. The fourth-order valence-corrected chi connectivity index (χ4v) is 7.71. The lowest BCUT2D eigenvalue weighted by atomic mass is 9.51. The molecule has 3 aliphatic heterocycles. The molecule has 5 aliphatic rings. The van der Waals surface area contributed by atoms with E-state index in [1.165, 1.54) is 16.8 Å². The van der Waals surface area contributed by atoms with Gasteiger partial charge in [-0.05, 0) is 55.9 Å². The topological polar surface area (TPSA) is 146 Å². The zero-order valence-corrected chi connectivity index (χ0v) is 24.1. The Kier molecular flexibility index (Phi) is 6.99. The van der Waals surface area contributed by atoms with Crippen molar-refractivity contribution in [1.82, 2.24) is 24.9 Å². The van der Waals surface area contributed by atoms with Crippen molar-refractivity contribution in [1.29, 1.82) is 0 Å². The monoisotopic (exact) mass is 578 g/mol. The fourth-order valence-electron chi connectivity index (χ4n) is 7.71. The smallest absolute Gasteiger partial charge is 0.334 e. The van der Waals surface area contributed by atoms with Crippen LogP contribution in [0.25, 0.3) is 0 Å². The summed E-state index contributed by atoms with van der Waals surface area (Å²) >= 11 is 0. The zero-order chi connectivity index (χ0) is 29.8. The summed E-state index contributed by atoms with van der Waals surface area (Å²) in [5, 5.41) is 2.69. The molecule has 0 bridgehead atoms. The van der Waals surface area contributed by atoms with Gasteiger partial charge in [-0.1, -0.05) is 30.3 Å². The van der Waals surface area contributed by atoms with Crippen molar-refractivity contribution in [2.75, 3.05) is 33.9 Å². The van der Waals surface area contributed by atoms with Crippen LogP contribution in [0.3, 0.4) is 0 Å². The number of benzene rings is 1. The number of carbonyl (C=O) groups is 5. The number of ether oxygens (including phenoxy) is 1. The summed E-state index contributed by atoms with van der Waals surface area (Å²) in [6.07, 6.45) is 4.52. The van der Waals surface area contributed by atoms with Gasteiger partial charge in [-0.3, -0.25) is 29.1 Å². The number of hydrogen-bond acceptors (Lipinski definition) is 8. The maximum atomic E-state index is 13.7. The molecule has 0 aromatic heterocycles. The van der Waals surface area contributed by atoms with E-state index in [0.29, 0.717) is 58.3 Å². The van der Waals surface area contributed by atoms with Crippen LogP contribution in [0, 0.1) is 11.3 Å². The predicted molar refractivity (Wildman–Crippen MR) is 150 cm³/mol. The highest BCUT2D eigenvalue weighted by atomic mass is 16.5. The highest BCUT2D eigenvalue weighted by Gasteiger charge is 2.68. The van der Waals surface area contributed by atoms with E-state index in [9.17, 15) is 24.0 Å². The van der Waals surface area contributed by atoms with Gasteiger partial charge in [0.1, 0.15) is 16.9 Å². The Morgan fingerprint density at radius 1 is 1.00 bits per heavy atom. The number of amides is 7. The lowest BCUT2D eigenvalue weighted by Gasteiger charge is -2.59. The number of rotatable bonds is 6. The molecule has 12 heteroatoms. The molecule has 5 fully saturated rings.